The van der Waals surface area contributed by atoms with E-state index in [1.54, 1.807) is 36.4 Å². The first-order valence-corrected chi connectivity index (χ1v) is 7.61. The maximum absolute atomic E-state index is 13.4. The third kappa shape index (κ3) is 3.83. The van der Waals surface area contributed by atoms with Gasteiger partial charge in [-0.3, -0.25) is 0 Å². The first-order valence-electron chi connectivity index (χ1n) is 7.61. The van der Waals surface area contributed by atoms with Crippen LogP contribution in [0.5, 0.6) is 5.75 Å². The van der Waals surface area contributed by atoms with Gasteiger partial charge in [-0.05, 0) is 36.4 Å². The quantitative estimate of drug-likeness (QED) is 0.626. The average molecular weight is 358 g/mol. The van der Waals surface area contributed by atoms with Crippen molar-refractivity contribution >= 4 is 17.5 Å². The SMILES string of the molecule is O=C(Oc1ccccc1)N(c1ccccc1)c1cccnc1C(F)(F)F. The fourth-order valence-electron chi connectivity index (χ4n) is 2.35. The van der Waals surface area contributed by atoms with Crippen LogP contribution in [-0.2, 0) is 6.18 Å². The molecule has 1 heterocycles. The van der Waals surface area contributed by atoms with Gasteiger partial charge in [-0.25, -0.2) is 14.7 Å². The zero-order valence-electron chi connectivity index (χ0n) is 13.4. The number of carbonyl (C=O) groups excluding carboxylic acids is 1. The minimum atomic E-state index is -4.73. The summed E-state index contributed by atoms with van der Waals surface area (Å²) in [4.78, 5) is 17.0. The maximum Gasteiger partial charge on any atom is 0.435 e. The smallest absolute Gasteiger partial charge is 0.410 e. The lowest BCUT2D eigenvalue weighted by molar-refractivity contribution is -0.140. The summed E-state index contributed by atoms with van der Waals surface area (Å²) >= 11 is 0. The number of carbonyl (C=O) groups is 1. The highest BCUT2D eigenvalue weighted by atomic mass is 19.4. The van der Waals surface area contributed by atoms with Crippen LogP contribution in [-0.4, -0.2) is 11.1 Å². The van der Waals surface area contributed by atoms with Gasteiger partial charge in [0.1, 0.15) is 5.75 Å². The number of hydrogen-bond acceptors (Lipinski definition) is 3. The summed E-state index contributed by atoms with van der Waals surface area (Å²) in [7, 11) is 0. The molecule has 0 N–H and O–H groups in total. The molecular formula is C19H13F3N2O2. The van der Waals surface area contributed by atoms with Gasteiger partial charge in [0, 0.05) is 6.20 Å². The predicted molar refractivity (Wildman–Crippen MR) is 90.3 cm³/mol. The molecule has 3 rings (SSSR count). The van der Waals surface area contributed by atoms with Gasteiger partial charge >= 0.3 is 12.3 Å². The first kappa shape index (κ1) is 17.5. The fourth-order valence-corrected chi connectivity index (χ4v) is 2.35. The second-order valence-electron chi connectivity index (χ2n) is 5.22. The molecule has 0 radical (unpaired) electrons. The highest BCUT2D eigenvalue weighted by Crippen LogP contribution is 2.38. The number of hydrogen-bond donors (Lipinski definition) is 0. The predicted octanol–water partition coefficient (Wildman–Crippen LogP) is 5.44. The van der Waals surface area contributed by atoms with E-state index in [9.17, 15) is 18.0 Å². The Hall–Kier alpha value is -3.35. The fraction of sp³-hybridized carbons (Fsp3) is 0.0526. The number of pyridine rings is 1. The van der Waals surface area contributed by atoms with Crippen molar-refractivity contribution in [3.63, 3.8) is 0 Å². The molecule has 4 nitrogen and oxygen atoms in total. The Bertz CT molecular complexity index is 884. The highest BCUT2D eigenvalue weighted by Gasteiger charge is 2.38. The van der Waals surface area contributed by atoms with E-state index in [4.69, 9.17) is 4.74 Å². The first-order chi connectivity index (χ1) is 12.5. The van der Waals surface area contributed by atoms with Crippen LogP contribution < -0.4 is 9.64 Å². The van der Waals surface area contributed by atoms with E-state index in [0.29, 0.717) is 0 Å². The molecule has 3 aromatic rings. The van der Waals surface area contributed by atoms with Crippen LogP contribution in [0.2, 0.25) is 0 Å². The van der Waals surface area contributed by atoms with E-state index in [2.05, 4.69) is 4.98 Å². The van der Waals surface area contributed by atoms with E-state index in [1.807, 2.05) is 0 Å². The van der Waals surface area contributed by atoms with Crippen molar-refractivity contribution in [2.75, 3.05) is 4.90 Å². The minimum absolute atomic E-state index is 0.218. The molecule has 0 aliphatic heterocycles. The van der Waals surface area contributed by atoms with Gasteiger partial charge in [-0.1, -0.05) is 36.4 Å². The summed E-state index contributed by atoms with van der Waals surface area (Å²) < 4.78 is 45.4. The van der Waals surface area contributed by atoms with Gasteiger partial charge in [0.2, 0.25) is 0 Å². The number of alkyl halides is 3. The van der Waals surface area contributed by atoms with Gasteiger partial charge in [-0.15, -0.1) is 0 Å². The van der Waals surface area contributed by atoms with Crippen molar-refractivity contribution in [2.24, 2.45) is 0 Å². The van der Waals surface area contributed by atoms with Crippen molar-refractivity contribution in [3.05, 3.63) is 84.7 Å². The number of nitrogens with zero attached hydrogens (tertiary/aromatic N) is 2. The molecule has 2 aromatic carbocycles. The topological polar surface area (TPSA) is 42.4 Å². The van der Waals surface area contributed by atoms with Gasteiger partial charge in [0.25, 0.3) is 0 Å². The second-order valence-corrected chi connectivity index (χ2v) is 5.22. The molecule has 0 bridgehead atoms. The van der Waals surface area contributed by atoms with Crippen LogP contribution in [0.25, 0.3) is 0 Å². The lowest BCUT2D eigenvalue weighted by atomic mass is 10.2. The molecule has 0 unspecified atom stereocenters. The van der Waals surface area contributed by atoms with Crippen molar-refractivity contribution in [3.8, 4) is 5.75 Å². The average Bonchev–Trinajstić information content (AvgIpc) is 2.63. The monoisotopic (exact) mass is 358 g/mol. The number of ether oxygens (including phenoxy) is 1. The van der Waals surface area contributed by atoms with Gasteiger partial charge in [0.05, 0.1) is 11.4 Å². The van der Waals surface area contributed by atoms with Crippen LogP contribution in [0.1, 0.15) is 5.69 Å². The number of amides is 1. The number of para-hydroxylation sites is 2. The largest absolute Gasteiger partial charge is 0.435 e. The Morgan fingerprint density at radius 3 is 2.12 bits per heavy atom. The van der Waals surface area contributed by atoms with Crippen LogP contribution in [0.15, 0.2) is 79.0 Å². The molecule has 132 valence electrons. The molecule has 0 aliphatic rings. The van der Waals surface area contributed by atoms with Crippen molar-refractivity contribution in [1.29, 1.82) is 0 Å². The minimum Gasteiger partial charge on any atom is -0.410 e. The van der Waals surface area contributed by atoms with Crippen LogP contribution in [0, 0.1) is 0 Å². The molecular weight excluding hydrogens is 345 g/mol. The molecule has 7 heteroatoms. The Morgan fingerprint density at radius 1 is 0.885 bits per heavy atom. The standard InChI is InChI=1S/C19H13F3N2O2/c20-19(21,22)17-16(12-7-13-23-17)24(14-8-3-1-4-9-14)18(25)26-15-10-5-2-6-11-15/h1-13H. The molecule has 0 saturated heterocycles. The van der Waals surface area contributed by atoms with Crippen LogP contribution in [0.3, 0.4) is 0 Å². The third-order valence-electron chi connectivity index (χ3n) is 3.44. The molecule has 0 spiro atoms. The molecule has 1 amide bonds. The summed E-state index contributed by atoms with van der Waals surface area (Å²) in [5.74, 6) is 0.218. The van der Waals surface area contributed by atoms with E-state index in [1.165, 1.54) is 36.4 Å². The Balaban J connectivity index is 2.07. The van der Waals surface area contributed by atoms with Gasteiger partial charge in [-0.2, -0.15) is 13.2 Å². The highest BCUT2D eigenvalue weighted by molar-refractivity contribution is 5.97. The number of halogens is 3. The molecule has 0 atom stereocenters. The van der Waals surface area contributed by atoms with Crippen LogP contribution in [0.4, 0.5) is 29.3 Å². The molecule has 26 heavy (non-hydrogen) atoms. The summed E-state index contributed by atoms with van der Waals surface area (Å²) in [6.45, 7) is 0. The van der Waals surface area contributed by atoms with Crippen molar-refractivity contribution in [2.45, 2.75) is 6.18 Å². The summed E-state index contributed by atoms with van der Waals surface area (Å²) in [6, 6.07) is 18.6. The zero-order valence-corrected chi connectivity index (χ0v) is 13.4. The molecule has 0 saturated carbocycles. The van der Waals surface area contributed by atoms with E-state index in [-0.39, 0.29) is 11.4 Å². The summed E-state index contributed by atoms with van der Waals surface area (Å²) in [5, 5.41) is 0. The van der Waals surface area contributed by atoms with Gasteiger partial charge < -0.3 is 4.74 Å². The lowest BCUT2D eigenvalue weighted by Gasteiger charge is -2.24. The van der Waals surface area contributed by atoms with Crippen molar-refractivity contribution in [1.82, 2.24) is 4.98 Å². The Kier molecular flexibility index (Phi) is 4.88. The summed E-state index contributed by atoms with van der Waals surface area (Å²) in [6.07, 6.45) is -4.67. The Labute approximate surface area is 147 Å². The molecule has 1 aromatic heterocycles. The second kappa shape index (κ2) is 7.26. The van der Waals surface area contributed by atoms with E-state index in [0.717, 1.165) is 11.1 Å². The summed E-state index contributed by atoms with van der Waals surface area (Å²) in [5.41, 5.74) is -1.35. The molecule has 0 aliphatic carbocycles. The normalized spacial score (nSPS) is 11.0. The number of anilines is 2. The van der Waals surface area contributed by atoms with Crippen molar-refractivity contribution < 1.29 is 22.7 Å². The number of rotatable bonds is 3. The zero-order chi connectivity index (χ0) is 18.6. The lowest BCUT2D eigenvalue weighted by Crippen LogP contribution is -2.31. The third-order valence-corrected chi connectivity index (χ3v) is 3.44. The number of benzene rings is 2. The maximum atomic E-state index is 13.4. The van der Waals surface area contributed by atoms with Gasteiger partial charge in [0.15, 0.2) is 5.69 Å². The number of aromatic nitrogens is 1. The van der Waals surface area contributed by atoms with E-state index < -0.39 is 23.7 Å². The van der Waals surface area contributed by atoms with Crippen LogP contribution >= 0.6 is 0 Å². The van der Waals surface area contributed by atoms with E-state index >= 15 is 0 Å². The molecule has 0 fully saturated rings. The Morgan fingerprint density at radius 2 is 1.50 bits per heavy atom.